The first-order valence-corrected chi connectivity index (χ1v) is 8.32. The summed E-state index contributed by atoms with van der Waals surface area (Å²) < 4.78 is 16.7. The fourth-order valence-corrected chi connectivity index (χ4v) is 2.40. The van der Waals surface area contributed by atoms with E-state index in [2.05, 4.69) is 0 Å². The Morgan fingerprint density at radius 2 is 1.38 bits per heavy atom. The molecule has 132 valence electrons. The second kappa shape index (κ2) is 8.21. The van der Waals surface area contributed by atoms with E-state index in [1.807, 2.05) is 50.2 Å². The second-order valence-electron chi connectivity index (χ2n) is 5.87. The maximum absolute atomic E-state index is 12.5. The summed E-state index contributed by atoms with van der Waals surface area (Å²) >= 11 is 0. The Hall–Kier alpha value is -3.27. The summed E-state index contributed by atoms with van der Waals surface area (Å²) in [6.07, 6.45) is 0. The molecule has 3 aromatic rings. The van der Waals surface area contributed by atoms with Crippen LogP contribution in [-0.2, 0) is 0 Å². The molecule has 0 saturated heterocycles. The molecular formula is C22H20O4. The van der Waals surface area contributed by atoms with Gasteiger partial charge in [0.1, 0.15) is 22.8 Å². The number of ether oxygens (including phenoxy) is 3. The van der Waals surface area contributed by atoms with Gasteiger partial charge in [-0.15, -0.1) is 0 Å². The number of hydrogen-bond donors (Lipinski definition) is 0. The average molecular weight is 348 g/mol. The first-order valence-electron chi connectivity index (χ1n) is 8.32. The molecule has 0 aromatic heterocycles. The number of para-hydroxylation sites is 2. The van der Waals surface area contributed by atoms with Crippen molar-refractivity contribution in [2.45, 2.75) is 13.8 Å². The van der Waals surface area contributed by atoms with Crippen LogP contribution < -0.4 is 14.2 Å². The normalized spacial score (nSPS) is 10.2. The Kier molecular flexibility index (Phi) is 5.54. The zero-order chi connectivity index (χ0) is 18.4. The van der Waals surface area contributed by atoms with Gasteiger partial charge in [-0.25, -0.2) is 4.79 Å². The molecule has 0 N–H and O–H groups in total. The van der Waals surface area contributed by atoms with Crippen molar-refractivity contribution in [2.24, 2.45) is 0 Å². The largest absolute Gasteiger partial charge is 0.457 e. The third-order valence-corrected chi connectivity index (χ3v) is 3.86. The van der Waals surface area contributed by atoms with E-state index in [0.29, 0.717) is 17.1 Å². The van der Waals surface area contributed by atoms with Crippen LogP contribution in [0.2, 0.25) is 0 Å². The van der Waals surface area contributed by atoms with Crippen LogP contribution in [-0.4, -0.2) is 12.8 Å². The fraction of sp³-hybridized carbons (Fsp3) is 0.136. The lowest BCUT2D eigenvalue weighted by molar-refractivity contribution is 0.0719. The minimum absolute atomic E-state index is 0.000319. The zero-order valence-electron chi connectivity index (χ0n) is 14.8. The highest BCUT2D eigenvalue weighted by molar-refractivity contribution is 5.93. The van der Waals surface area contributed by atoms with Crippen molar-refractivity contribution in [1.82, 2.24) is 0 Å². The topological polar surface area (TPSA) is 44.8 Å². The average Bonchev–Trinajstić information content (AvgIpc) is 2.65. The van der Waals surface area contributed by atoms with Gasteiger partial charge in [0, 0.05) is 0 Å². The number of carbonyl (C=O) groups is 1. The zero-order valence-corrected chi connectivity index (χ0v) is 14.8. The first-order chi connectivity index (χ1) is 12.6. The van der Waals surface area contributed by atoms with Crippen molar-refractivity contribution in [3.05, 3.63) is 89.5 Å². The molecule has 4 heteroatoms. The molecule has 0 saturated carbocycles. The number of benzene rings is 3. The van der Waals surface area contributed by atoms with Crippen molar-refractivity contribution in [3.8, 4) is 17.2 Å². The van der Waals surface area contributed by atoms with Crippen LogP contribution in [0.3, 0.4) is 0 Å². The number of hydrogen-bond acceptors (Lipinski definition) is 4. The summed E-state index contributed by atoms with van der Waals surface area (Å²) in [5, 5.41) is 0. The molecule has 0 unspecified atom stereocenters. The van der Waals surface area contributed by atoms with Gasteiger partial charge >= 0.3 is 5.97 Å². The van der Waals surface area contributed by atoms with E-state index in [1.54, 1.807) is 36.4 Å². The third-order valence-electron chi connectivity index (χ3n) is 3.86. The van der Waals surface area contributed by atoms with Gasteiger partial charge in [-0.2, -0.15) is 0 Å². The first kappa shape index (κ1) is 17.5. The Morgan fingerprint density at radius 1 is 0.769 bits per heavy atom. The summed E-state index contributed by atoms with van der Waals surface area (Å²) in [6.45, 7) is 3.94. The van der Waals surface area contributed by atoms with Crippen molar-refractivity contribution < 1.29 is 19.0 Å². The molecule has 0 aliphatic carbocycles. The molecule has 3 aromatic carbocycles. The molecular weight excluding hydrogens is 328 g/mol. The summed E-state index contributed by atoms with van der Waals surface area (Å²) in [4.78, 5) is 12.5. The minimum Gasteiger partial charge on any atom is -0.457 e. The molecule has 0 amide bonds. The predicted molar refractivity (Wildman–Crippen MR) is 99.9 cm³/mol. The summed E-state index contributed by atoms with van der Waals surface area (Å²) in [5.41, 5.74) is 2.46. The van der Waals surface area contributed by atoms with Crippen molar-refractivity contribution >= 4 is 5.97 Å². The van der Waals surface area contributed by atoms with Crippen molar-refractivity contribution in [2.75, 3.05) is 6.79 Å². The summed E-state index contributed by atoms with van der Waals surface area (Å²) in [6, 6.07) is 21.9. The third kappa shape index (κ3) is 4.42. The van der Waals surface area contributed by atoms with Crippen molar-refractivity contribution in [1.29, 1.82) is 0 Å². The van der Waals surface area contributed by atoms with E-state index < -0.39 is 5.97 Å². The molecule has 0 bridgehead atoms. The monoisotopic (exact) mass is 348 g/mol. The van der Waals surface area contributed by atoms with Crippen LogP contribution in [0.5, 0.6) is 17.2 Å². The van der Waals surface area contributed by atoms with Crippen LogP contribution in [0.1, 0.15) is 21.5 Å². The van der Waals surface area contributed by atoms with Crippen molar-refractivity contribution in [3.63, 3.8) is 0 Å². The highest BCUT2D eigenvalue weighted by Crippen LogP contribution is 2.22. The van der Waals surface area contributed by atoms with E-state index in [-0.39, 0.29) is 6.79 Å². The Labute approximate surface area is 153 Å². The number of esters is 1. The molecule has 0 aliphatic rings. The van der Waals surface area contributed by atoms with Crippen LogP contribution in [0.25, 0.3) is 0 Å². The summed E-state index contributed by atoms with van der Waals surface area (Å²) in [5.74, 6) is 1.18. The van der Waals surface area contributed by atoms with E-state index in [1.165, 1.54) is 0 Å². The van der Waals surface area contributed by atoms with E-state index in [4.69, 9.17) is 14.2 Å². The van der Waals surface area contributed by atoms with Crippen LogP contribution in [0, 0.1) is 13.8 Å². The van der Waals surface area contributed by atoms with Gasteiger partial charge in [-0.3, -0.25) is 0 Å². The molecule has 3 rings (SSSR count). The van der Waals surface area contributed by atoms with Gasteiger partial charge in [-0.05, 0) is 49.7 Å². The van der Waals surface area contributed by atoms with Gasteiger partial charge in [-0.1, -0.05) is 48.0 Å². The lowest BCUT2D eigenvalue weighted by Crippen LogP contribution is -2.13. The summed E-state index contributed by atoms with van der Waals surface area (Å²) in [7, 11) is 0. The van der Waals surface area contributed by atoms with Crippen LogP contribution in [0.4, 0.5) is 0 Å². The van der Waals surface area contributed by atoms with Gasteiger partial charge in [0.15, 0.2) is 0 Å². The Morgan fingerprint density at radius 3 is 2.12 bits per heavy atom. The molecule has 0 fully saturated rings. The predicted octanol–water partition coefficient (Wildman–Crippen LogP) is 4.94. The maximum atomic E-state index is 12.5. The van der Waals surface area contributed by atoms with Crippen LogP contribution in [0.15, 0.2) is 72.8 Å². The Balaban J connectivity index is 1.66. The molecule has 0 atom stereocenters. The van der Waals surface area contributed by atoms with E-state index in [9.17, 15) is 4.79 Å². The van der Waals surface area contributed by atoms with Gasteiger partial charge in [0.2, 0.25) is 6.79 Å². The highest BCUT2D eigenvalue weighted by atomic mass is 16.7. The van der Waals surface area contributed by atoms with Crippen LogP contribution >= 0.6 is 0 Å². The Bertz CT molecular complexity index is 885. The smallest absolute Gasteiger partial charge is 0.347 e. The number of rotatable bonds is 6. The number of aryl methyl sites for hydroxylation is 2. The standard InChI is InChI=1S/C22H20O4/c1-16-11-13-18(14-12-16)26-22(23)19-8-4-6-10-21(19)25-15-24-20-9-5-3-7-17(20)2/h3-14H,15H2,1-2H3. The molecule has 26 heavy (non-hydrogen) atoms. The lowest BCUT2D eigenvalue weighted by atomic mass is 10.2. The van der Waals surface area contributed by atoms with E-state index >= 15 is 0 Å². The molecule has 0 spiro atoms. The highest BCUT2D eigenvalue weighted by Gasteiger charge is 2.15. The number of carbonyl (C=O) groups excluding carboxylic acids is 1. The lowest BCUT2D eigenvalue weighted by Gasteiger charge is -2.13. The minimum atomic E-state index is -0.472. The van der Waals surface area contributed by atoms with Gasteiger partial charge in [0.05, 0.1) is 0 Å². The quantitative estimate of drug-likeness (QED) is 0.360. The maximum Gasteiger partial charge on any atom is 0.347 e. The van der Waals surface area contributed by atoms with Gasteiger partial charge < -0.3 is 14.2 Å². The fourth-order valence-electron chi connectivity index (χ4n) is 2.40. The molecule has 4 nitrogen and oxygen atoms in total. The SMILES string of the molecule is Cc1ccc(OC(=O)c2ccccc2OCOc2ccccc2C)cc1. The second-order valence-corrected chi connectivity index (χ2v) is 5.87. The van der Waals surface area contributed by atoms with E-state index in [0.717, 1.165) is 16.9 Å². The molecule has 0 aliphatic heterocycles. The molecule has 0 radical (unpaired) electrons. The van der Waals surface area contributed by atoms with Gasteiger partial charge in [0.25, 0.3) is 0 Å². The molecule has 0 heterocycles.